The summed E-state index contributed by atoms with van der Waals surface area (Å²) in [5.74, 6) is -5.73. The van der Waals surface area contributed by atoms with Crippen LogP contribution in [0.2, 0.25) is 0 Å². The molecule has 3 N–H and O–H groups in total. The Hall–Kier alpha value is -3.79. The second kappa shape index (κ2) is 12.6. The van der Waals surface area contributed by atoms with Crippen LogP contribution in [0.1, 0.15) is 72.9 Å². The highest BCUT2D eigenvalue weighted by Crippen LogP contribution is 2.41. The van der Waals surface area contributed by atoms with E-state index in [1.54, 1.807) is 0 Å². The third-order valence-electron chi connectivity index (χ3n) is 7.16. The van der Waals surface area contributed by atoms with Gasteiger partial charge in [0.05, 0.1) is 29.3 Å². The number of nitrogens with zero attached hydrogens (tertiary/aromatic N) is 4. The second-order valence-electron chi connectivity index (χ2n) is 10.1. The number of imidazole rings is 1. The molecule has 1 fully saturated rings. The quantitative estimate of drug-likeness (QED) is 0.265. The molecule has 9 nitrogen and oxygen atoms in total. The van der Waals surface area contributed by atoms with Crippen LogP contribution in [0, 0.1) is 5.92 Å². The Morgan fingerprint density at radius 3 is 2.45 bits per heavy atom. The zero-order valence-electron chi connectivity index (χ0n) is 22.0. The van der Waals surface area contributed by atoms with E-state index in [0.29, 0.717) is 16.6 Å². The molecule has 3 aromatic rings. The third kappa shape index (κ3) is 6.81. The predicted molar refractivity (Wildman–Crippen MR) is 132 cm³/mol. The summed E-state index contributed by atoms with van der Waals surface area (Å²) in [5.41, 5.74) is 0.515. The molecule has 2 aromatic heterocycles. The lowest BCUT2D eigenvalue weighted by Gasteiger charge is -2.33. The van der Waals surface area contributed by atoms with Crippen molar-refractivity contribution in [1.82, 2.24) is 35.6 Å². The second-order valence-corrected chi connectivity index (χ2v) is 10.1. The first-order valence-electron chi connectivity index (χ1n) is 13.0. The number of aromatic nitrogens is 5. The van der Waals surface area contributed by atoms with Crippen LogP contribution in [-0.4, -0.2) is 68.1 Å². The molecule has 42 heavy (non-hydrogen) atoms. The number of carbonyl (C=O) groups is 2. The first kappa shape index (κ1) is 31.2. The molecule has 3 unspecified atom stereocenters. The molecule has 0 spiro atoms. The number of nitrogens with one attached hydrogen (secondary N) is 3. The zero-order valence-corrected chi connectivity index (χ0v) is 22.0. The highest BCUT2D eigenvalue weighted by Gasteiger charge is 2.40. The fourth-order valence-electron chi connectivity index (χ4n) is 4.80. The van der Waals surface area contributed by atoms with E-state index >= 15 is 0 Å². The van der Waals surface area contributed by atoms with Gasteiger partial charge in [-0.2, -0.15) is 4.68 Å². The summed E-state index contributed by atoms with van der Waals surface area (Å²) < 4.78 is 107. The van der Waals surface area contributed by atoms with Crippen molar-refractivity contribution < 1.29 is 44.7 Å². The van der Waals surface area contributed by atoms with Crippen molar-refractivity contribution in [2.24, 2.45) is 5.92 Å². The summed E-state index contributed by atoms with van der Waals surface area (Å²) in [5, 5.41) is 11.4. The monoisotopic (exact) mass is 609 g/mol. The molecule has 1 aromatic carbocycles. The van der Waals surface area contributed by atoms with Crippen LogP contribution < -0.4 is 10.6 Å². The van der Waals surface area contributed by atoms with Crippen molar-refractivity contribution in [2.45, 2.75) is 75.7 Å². The Morgan fingerprint density at radius 1 is 1.12 bits per heavy atom. The van der Waals surface area contributed by atoms with Gasteiger partial charge in [-0.3, -0.25) is 9.59 Å². The van der Waals surface area contributed by atoms with Gasteiger partial charge in [-0.1, -0.05) is 11.3 Å². The Balaban J connectivity index is 1.60. The molecular formula is C25H27F8N7O2. The van der Waals surface area contributed by atoms with Gasteiger partial charge in [0, 0.05) is 12.8 Å². The minimum Gasteiger partial charge on any atom is -0.347 e. The van der Waals surface area contributed by atoms with Gasteiger partial charge in [-0.25, -0.2) is 40.1 Å². The van der Waals surface area contributed by atoms with Crippen molar-refractivity contribution in [3.63, 3.8) is 0 Å². The molecule has 2 amide bonds. The van der Waals surface area contributed by atoms with Gasteiger partial charge in [0.15, 0.2) is 6.17 Å². The van der Waals surface area contributed by atoms with E-state index in [1.807, 2.05) is 0 Å². The molecule has 5 atom stereocenters. The summed E-state index contributed by atoms with van der Waals surface area (Å²) in [4.78, 5) is 32.4. The lowest BCUT2D eigenvalue weighted by atomic mass is 9.81. The molecule has 1 aliphatic carbocycles. The number of halogens is 8. The number of rotatable bonds is 11. The Labute approximate surface area is 233 Å². The lowest BCUT2D eigenvalue weighted by Crippen LogP contribution is -2.39. The van der Waals surface area contributed by atoms with E-state index in [-0.39, 0.29) is 23.3 Å². The molecule has 0 radical (unpaired) electrons. The molecular weight excluding hydrogens is 582 g/mol. The largest absolute Gasteiger partial charge is 0.347 e. The number of alkyl halides is 8. The number of H-pyrrole nitrogens is 1. The Bertz CT molecular complexity index is 1390. The van der Waals surface area contributed by atoms with Gasteiger partial charge in [0.25, 0.3) is 24.5 Å². The normalized spacial score (nSPS) is 19.3. The Kier molecular flexibility index (Phi) is 9.35. The first-order valence-corrected chi connectivity index (χ1v) is 13.0. The van der Waals surface area contributed by atoms with Crippen LogP contribution in [0.5, 0.6) is 0 Å². The summed E-state index contributed by atoms with van der Waals surface area (Å²) in [6.45, 7) is -0.187. The van der Waals surface area contributed by atoms with E-state index in [1.165, 1.54) is 25.1 Å². The van der Waals surface area contributed by atoms with Crippen molar-refractivity contribution in [3.8, 4) is 0 Å². The van der Waals surface area contributed by atoms with Gasteiger partial charge in [0.1, 0.15) is 18.2 Å². The minimum atomic E-state index is -3.50. The van der Waals surface area contributed by atoms with Crippen LogP contribution >= 0.6 is 0 Å². The molecule has 17 heteroatoms. The van der Waals surface area contributed by atoms with Gasteiger partial charge < -0.3 is 15.6 Å². The van der Waals surface area contributed by atoms with Gasteiger partial charge in [-0.15, -0.1) is 5.10 Å². The molecule has 0 saturated heterocycles. The minimum absolute atomic E-state index is 0.0254. The smallest absolute Gasteiger partial charge is 0.289 e. The number of aromatic amines is 1. The van der Waals surface area contributed by atoms with Crippen molar-refractivity contribution in [3.05, 3.63) is 41.5 Å². The fraction of sp³-hybridized carbons (Fsp3) is 0.560. The molecule has 1 aliphatic rings. The highest BCUT2D eigenvalue weighted by atomic mass is 19.3. The zero-order chi connectivity index (χ0) is 30.8. The van der Waals surface area contributed by atoms with Crippen LogP contribution in [-0.2, 0) is 4.79 Å². The molecule has 4 rings (SSSR count). The van der Waals surface area contributed by atoms with Gasteiger partial charge >= 0.3 is 0 Å². The van der Waals surface area contributed by atoms with Crippen molar-refractivity contribution >= 4 is 22.8 Å². The van der Waals surface area contributed by atoms with E-state index in [9.17, 15) is 44.7 Å². The fourth-order valence-corrected chi connectivity index (χ4v) is 4.80. The van der Waals surface area contributed by atoms with Crippen molar-refractivity contribution in [2.75, 3.05) is 6.67 Å². The van der Waals surface area contributed by atoms with Crippen molar-refractivity contribution in [1.29, 1.82) is 0 Å². The van der Waals surface area contributed by atoms with E-state index in [0.717, 1.165) is 6.20 Å². The molecule has 230 valence electrons. The number of carbonyl (C=O) groups excluding carboxylic acids is 2. The number of benzene rings is 1. The van der Waals surface area contributed by atoms with Crippen LogP contribution in [0.25, 0.3) is 11.0 Å². The molecule has 2 heterocycles. The average Bonchev–Trinajstić information content (AvgIpc) is 3.61. The van der Waals surface area contributed by atoms with E-state index in [2.05, 4.69) is 30.9 Å². The van der Waals surface area contributed by atoms with Crippen LogP contribution in [0.4, 0.5) is 35.1 Å². The average molecular weight is 610 g/mol. The molecule has 0 aliphatic heterocycles. The SMILES string of the molecule is C[C@@H](NC(=O)C(F)C(F)CF)c1ccc2nc([C@@H](NC(=O)c3cnnn3C(F)C(F)F)C3CCC(F)(F)CC3)[nH]c2c1. The topological polar surface area (TPSA) is 118 Å². The molecule has 0 bridgehead atoms. The summed E-state index contributed by atoms with van der Waals surface area (Å²) in [7, 11) is 0. The first-order chi connectivity index (χ1) is 19.8. The van der Waals surface area contributed by atoms with E-state index < -0.39 is 86.0 Å². The lowest BCUT2D eigenvalue weighted by molar-refractivity contribution is -0.129. The summed E-state index contributed by atoms with van der Waals surface area (Å²) in [6.07, 6.45) is -12.0. The number of hydrogen-bond acceptors (Lipinski definition) is 5. The highest BCUT2D eigenvalue weighted by molar-refractivity contribution is 5.92. The standard InChI is InChI=1S/C25H27F8N7O2/c1-11(35-24(42)18(28)14(27)9-26)13-2-3-15-16(8-13)37-22(36-15)19(12-4-6-25(32,33)7-5-12)38-23(41)17-10-34-39-40(17)21(31)20(29)30/h2-3,8,10-12,14,18-21H,4-7,9H2,1H3,(H,35,42)(H,36,37)(H,38,41)/t11-,14?,18?,19+,21?/m1/s1. The van der Waals surface area contributed by atoms with Crippen LogP contribution in [0.15, 0.2) is 24.4 Å². The van der Waals surface area contributed by atoms with E-state index in [4.69, 9.17) is 0 Å². The maximum atomic E-state index is 14.0. The maximum absolute atomic E-state index is 14.0. The predicted octanol–water partition coefficient (Wildman–Crippen LogP) is 5.01. The summed E-state index contributed by atoms with van der Waals surface area (Å²) >= 11 is 0. The molecule has 1 saturated carbocycles. The van der Waals surface area contributed by atoms with Gasteiger partial charge in [0.2, 0.25) is 12.1 Å². The number of fused-ring (bicyclic) bond motifs is 1. The summed E-state index contributed by atoms with van der Waals surface area (Å²) in [6, 6.07) is 2.69. The maximum Gasteiger partial charge on any atom is 0.289 e. The number of amides is 2. The number of hydrogen-bond donors (Lipinski definition) is 3. The van der Waals surface area contributed by atoms with Crippen LogP contribution in [0.3, 0.4) is 0 Å². The third-order valence-corrected chi connectivity index (χ3v) is 7.16. The van der Waals surface area contributed by atoms with Gasteiger partial charge in [-0.05, 0) is 43.4 Å². The Morgan fingerprint density at radius 2 is 1.81 bits per heavy atom.